The molecule has 0 bridgehead atoms. The van der Waals surface area contributed by atoms with E-state index in [2.05, 4.69) is 24.4 Å². The van der Waals surface area contributed by atoms with Crippen LogP contribution in [-0.2, 0) is 4.74 Å². The van der Waals surface area contributed by atoms with Crippen LogP contribution in [0.2, 0.25) is 0 Å². The van der Waals surface area contributed by atoms with Crippen molar-refractivity contribution in [3.63, 3.8) is 0 Å². The molecule has 7 atom stereocenters. The molecular weight excluding hydrogens is 378 g/mol. The van der Waals surface area contributed by atoms with Gasteiger partial charge in [0.2, 0.25) is 5.96 Å². The monoisotopic (exact) mass is 419 g/mol. The Labute approximate surface area is 180 Å². The number of guanidine groups is 1. The van der Waals surface area contributed by atoms with Gasteiger partial charge < -0.3 is 21.3 Å². The van der Waals surface area contributed by atoms with Crippen LogP contribution >= 0.6 is 0 Å². The van der Waals surface area contributed by atoms with Crippen LogP contribution in [0.1, 0.15) is 78.1 Å². The van der Waals surface area contributed by atoms with Crippen LogP contribution in [0.5, 0.6) is 0 Å². The molecule has 0 aromatic rings. The van der Waals surface area contributed by atoms with E-state index in [9.17, 15) is 5.11 Å². The van der Waals surface area contributed by atoms with Gasteiger partial charge in [-0.1, -0.05) is 13.8 Å². The molecule has 0 aromatic heterocycles. The molecule has 7 N–H and O–H groups in total. The summed E-state index contributed by atoms with van der Waals surface area (Å²) in [6, 6.07) is 0. The zero-order valence-electron chi connectivity index (χ0n) is 18.8. The second kappa shape index (κ2) is 8.06. The average Bonchev–Trinajstić information content (AvgIpc) is 2.97. The summed E-state index contributed by atoms with van der Waals surface area (Å²) in [5.41, 5.74) is 14.0. The normalized spacial score (nSPS) is 46.7. The van der Waals surface area contributed by atoms with Gasteiger partial charge in [-0.3, -0.25) is 5.41 Å². The fraction of sp³-hybridized carbons (Fsp3) is 0.913. The van der Waals surface area contributed by atoms with Gasteiger partial charge in [-0.05, 0) is 93.9 Å². The fourth-order valence-electron chi connectivity index (χ4n) is 7.76. The van der Waals surface area contributed by atoms with Gasteiger partial charge in [0, 0.05) is 17.7 Å². The number of rotatable bonds is 5. The first-order chi connectivity index (χ1) is 14.2. The third-order valence-corrected chi connectivity index (χ3v) is 9.56. The standard InChI is InChI=1S/C23H41N5O2/c1-21-9-6-16(30-13-3-12-24)14-15(21)4-5-18-17(21)7-10-22(2)19(27-28-20(25)26)8-11-23(18,22)29/h15-18,29H,3-14,24H2,1-2H3,(H4,25,26,28)/b27-19-/t15?,16?,17-,18-,21+,22-,23-/m1/s1. The summed E-state index contributed by atoms with van der Waals surface area (Å²) in [6.45, 7) is 6.17. The Balaban J connectivity index is 1.51. The number of nitrogens with zero attached hydrogens (tertiary/aromatic N) is 1. The maximum absolute atomic E-state index is 12.1. The molecule has 2 unspecified atom stereocenters. The molecule has 4 aliphatic rings. The molecule has 30 heavy (non-hydrogen) atoms. The van der Waals surface area contributed by atoms with E-state index >= 15 is 0 Å². The van der Waals surface area contributed by atoms with Gasteiger partial charge in [-0.25, -0.2) is 5.43 Å². The Bertz CT molecular complexity index is 699. The molecule has 170 valence electrons. The number of aliphatic hydroxyl groups is 1. The molecule has 4 fully saturated rings. The second-order valence-electron chi connectivity index (χ2n) is 10.8. The highest BCUT2D eigenvalue weighted by molar-refractivity contribution is 5.94. The molecule has 4 aliphatic carbocycles. The van der Waals surface area contributed by atoms with E-state index in [0.717, 1.165) is 63.7 Å². The van der Waals surface area contributed by atoms with Crippen LogP contribution in [-0.4, -0.2) is 41.6 Å². The Morgan fingerprint density at radius 2 is 2.00 bits per heavy atom. The number of nitrogens with one attached hydrogen (secondary N) is 2. The van der Waals surface area contributed by atoms with E-state index < -0.39 is 5.60 Å². The summed E-state index contributed by atoms with van der Waals surface area (Å²) < 4.78 is 6.14. The average molecular weight is 420 g/mol. The van der Waals surface area contributed by atoms with Crippen LogP contribution < -0.4 is 16.9 Å². The zero-order chi connectivity index (χ0) is 21.6. The number of nitrogens with two attached hydrogens (primary N) is 2. The first-order valence-electron chi connectivity index (χ1n) is 12.0. The lowest BCUT2D eigenvalue weighted by atomic mass is 9.44. The summed E-state index contributed by atoms with van der Waals surface area (Å²) in [5, 5.41) is 23.9. The van der Waals surface area contributed by atoms with Crippen LogP contribution in [0, 0.1) is 34.0 Å². The molecule has 4 rings (SSSR count). The van der Waals surface area contributed by atoms with Crippen molar-refractivity contribution in [3.05, 3.63) is 0 Å². The van der Waals surface area contributed by atoms with Crippen molar-refractivity contribution in [2.45, 2.75) is 89.8 Å². The SMILES string of the molecule is C[C@]12CCC(OCCCN)CC1CC[C@@H]1[C@H]2CC[C@]2(C)/C(=N\NC(=N)N)CC[C@@]12O. The van der Waals surface area contributed by atoms with Gasteiger partial charge in [0.25, 0.3) is 0 Å². The molecular formula is C23H41N5O2. The topological polar surface area (TPSA) is 130 Å². The molecule has 0 heterocycles. The van der Waals surface area contributed by atoms with Crippen molar-refractivity contribution >= 4 is 11.7 Å². The van der Waals surface area contributed by atoms with Gasteiger partial charge in [0.15, 0.2) is 0 Å². The van der Waals surface area contributed by atoms with Crippen molar-refractivity contribution in [3.8, 4) is 0 Å². The number of fused-ring (bicyclic) bond motifs is 5. The second-order valence-corrected chi connectivity index (χ2v) is 10.8. The molecule has 7 nitrogen and oxygen atoms in total. The maximum atomic E-state index is 12.1. The minimum absolute atomic E-state index is 0.145. The lowest BCUT2D eigenvalue weighted by Crippen LogP contribution is -2.62. The predicted molar refractivity (Wildman–Crippen MR) is 119 cm³/mol. The third kappa shape index (κ3) is 3.37. The van der Waals surface area contributed by atoms with E-state index in [1.807, 2.05) is 0 Å². The highest BCUT2D eigenvalue weighted by atomic mass is 16.5. The predicted octanol–water partition coefficient (Wildman–Crippen LogP) is 2.72. The number of hydrazone groups is 1. The Morgan fingerprint density at radius 3 is 2.73 bits per heavy atom. The largest absolute Gasteiger partial charge is 0.389 e. The fourth-order valence-corrected chi connectivity index (χ4v) is 7.76. The van der Waals surface area contributed by atoms with Crippen molar-refractivity contribution < 1.29 is 9.84 Å². The molecule has 0 aromatic carbocycles. The van der Waals surface area contributed by atoms with Gasteiger partial charge in [0.05, 0.1) is 11.7 Å². The lowest BCUT2D eigenvalue weighted by Gasteiger charge is -2.63. The minimum atomic E-state index is -0.699. The van der Waals surface area contributed by atoms with E-state index in [-0.39, 0.29) is 11.4 Å². The molecule has 4 saturated carbocycles. The van der Waals surface area contributed by atoms with Crippen LogP contribution in [0.25, 0.3) is 0 Å². The number of hydrogen-bond acceptors (Lipinski definition) is 5. The first kappa shape index (κ1) is 22.0. The van der Waals surface area contributed by atoms with Crippen molar-refractivity contribution in [1.29, 1.82) is 5.41 Å². The number of hydrogen-bond donors (Lipinski definition) is 5. The molecule has 0 radical (unpaired) electrons. The highest BCUT2D eigenvalue weighted by Gasteiger charge is 2.66. The van der Waals surface area contributed by atoms with E-state index in [0.29, 0.717) is 35.8 Å². The minimum Gasteiger partial charge on any atom is -0.389 e. The molecule has 7 heteroatoms. The Kier molecular flexibility index (Phi) is 5.92. The van der Waals surface area contributed by atoms with Crippen molar-refractivity contribution in [2.75, 3.05) is 13.2 Å². The molecule has 0 spiro atoms. The van der Waals surface area contributed by atoms with Gasteiger partial charge in [-0.15, -0.1) is 0 Å². The summed E-state index contributed by atoms with van der Waals surface area (Å²) in [6.07, 6.45) is 10.8. The molecule has 0 amide bonds. The summed E-state index contributed by atoms with van der Waals surface area (Å²) in [7, 11) is 0. The van der Waals surface area contributed by atoms with E-state index in [1.165, 1.54) is 12.8 Å². The highest BCUT2D eigenvalue weighted by Crippen LogP contribution is 2.67. The summed E-state index contributed by atoms with van der Waals surface area (Å²) in [4.78, 5) is 0. The van der Waals surface area contributed by atoms with Crippen LogP contribution in [0.4, 0.5) is 0 Å². The van der Waals surface area contributed by atoms with Gasteiger partial charge in [0.1, 0.15) is 0 Å². The van der Waals surface area contributed by atoms with Crippen LogP contribution in [0.3, 0.4) is 0 Å². The smallest absolute Gasteiger partial charge is 0.206 e. The maximum Gasteiger partial charge on any atom is 0.206 e. The Morgan fingerprint density at radius 1 is 1.20 bits per heavy atom. The van der Waals surface area contributed by atoms with E-state index in [1.54, 1.807) is 0 Å². The van der Waals surface area contributed by atoms with E-state index in [4.69, 9.17) is 21.6 Å². The first-order valence-corrected chi connectivity index (χ1v) is 12.0. The molecule has 0 saturated heterocycles. The summed E-state index contributed by atoms with van der Waals surface area (Å²) in [5.74, 6) is 1.45. The van der Waals surface area contributed by atoms with Gasteiger partial charge in [-0.2, -0.15) is 5.10 Å². The van der Waals surface area contributed by atoms with Crippen molar-refractivity contribution in [1.82, 2.24) is 5.43 Å². The number of ether oxygens (including phenoxy) is 1. The lowest BCUT2D eigenvalue weighted by molar-refractivity contribution is -0.193. The van der Waals surface area contributed by atoms with Crippen LogP contribution in [0.15, 0.2) is 5.10 Å². The quantitative estimate of drug-likeness (QED) is 0.202. The Hall–Kier alpha value is -1.18. The third-order valence-electron chi connectivity index (χ3n) is 9.56. The summed E-state index contributed by atoms with van der Waals surface area (Å²) >= 11 is 0. The zero-order valence-corrected chi connectivity index (χ0v) is 18.8. The van der Waals surface area contributed by atoms with Crippen molar-refractivity contribution in [2.24, 2.45) is 45.2 Å². The van der Waals surface area contributed by atoms with Gasteiger partial charge >= 0.3 is 0 Å². The molecule has 0 aliphatic heterocycles.